The molecule has 3 aliphatic rings. The van der Waals surface area contributed by atoms with Crippen molar-refractivity contribution in [3.05, 3.63) is 59.9 Å². The fourth-order valence-electron chi connectivity index (χ4n) is 4.60. The van der Waals surface area contributed by atoms with E-state index < -0.39 is 0 Å². The quantitative estimate of drug-likeness (QED) is 0.772. The van der Waals surface area contributed by atoms with Crippen LogP contribution in [0.5, 0.6) is 5.75 Å². The number of benzene rings is 1. The molecule has 2 aliphatic heterocycles. The molecule has 2 aromatic rings. The molecule has 3 heterocycles. The van der Waals surface area contributed by atoms with Crippen LogP contribution in [-0.2, 0) is 17.9 Å². The van der Waals surface area contributed by atoms with Crippen molar-refractivity contribution in [2.75, 3.05) is 32.8 Å². The number of fused-ring (bicyclic) bond motifs is 1. The van der Waals surface area contributed by atoms with Gasteiger partial charge in [-0.05, 0) is 48.6 Å². The van der Waals surface area contributed by atoms with E-state index >= 15 is 0 Å². The van der Waals surface area contributed by atoms with E-state index in [1.807, 2.05) is 24.3 Å². The molecule has 1 aliphatic carbocycles. The summed E-state index contributed by atoms with van der Waals surface area (Å²) in [6, 6.07) is 15.6. The summed E-state index contributed by atoms with van der Waals surface area (Å²) in [4.78, 5) is 9.63. The lowest BCUT2D eigenvalue weighted by atomic mass is 10.0. The zero-order chi connectivity index (χ0) is 18.8. The van der Waals surface area contributed by atoms with Crippen LogP contribution in [0.1, 0.15) is 24.1 Å². The third-order valence-electron chi connectivity index (χ3n) is 6.22. The van der Waals surface area contributed by atoms with E-state index in [1.165, 1.54) is 24.9 Å². The second-order valence-corrected chi connectivity index (χ2v) is 8.33. The van der Waals surface area contributed by atoms with E-state index in [1.54, 1.807) is 6.20 Å². The van der Waals surface area contributed by atoms with Crippen LogP contribution in [0.15, 0.2) is 48.7 Å². The average molecular weight is 380 g/mol. The zero-order valence-corrected chi connectivity index (χ0v) is 16.4. The molecule has 0 radical (unpaired) electrons. The Hall–Kier alpha value is -1.95. The summed E-state index contributed by atoms with van der Waals surface area (Å²) < 4.78 is 11.9. The van der Waals surface area contributed by atoms with Crippen molar-refractivity contribution in [1.29, 1.82) is 0 Å². The standard InChI is InChI=1S/C23H29N3O2/c1-2-9-24-20(5-1)15-28-22-6-3-4-18(12-22)13-25-10-11-26-21(14-25)16-27-17-23(26)19-7-8-19/h1-6,9,12,19,21,23H,7-8,10-11,13-17H2/t21-,23-/m1/s1. The SMILES string of the molecule is c1ccc(COc2cccc(CN3CCN4[C@@H](COC[C@@H]4C4CC4)C3)c2)nc1. The number of hydrogen-bond donors (Lipinski definition) is 0. The first-order valence-corrected chi connectivity index (χ1v) is 10.5. The maximum absolute atomic E-state index is 5.95. The van der Waals surface area contributed by atoms with Crippen LogP contribution in [0.2, 0.25) is 0 Å². The highest BCUT2D eigenvalue weighted by Gasteiger charge is 2.42. The van der Waals surface area contributed by atoms with Crippen LogP contribution in [-0.4, -0.2) is 59.7 Å². The highest BCUT2D eigenvalue weighted by Crippen LogP contribution is 2.38. The first-order chi connectivity index (χ1) is 13.8. The molecule has 28 heavy (non-hydrogen) atoms. The van der Waals surface area contributed by atoms with Crippen molar-refractivity contribution >= 4 is 0 Å². The molecule has 5 heteroatoms. The molecule has 0 spiro atoms. The number of piperazine rings is 1. The maximum Gasteiger partial charge on any atom is 0.130 e. The van der Waals surface area contributed by atoms with Gasteiger partial charge >= 0.3 is 0 Å². The molecule has 148 valence electrons. The van der Waals surface area contributed by atoms with Gasteiger partial charge in [0.25, 0.3) is 0 Å². The van der Waals surface area contributed by atoms with Crippen molar-refractivity contribution in [1.82, 2.24) is 14.8 Å². The molecule has 5 nitrogen and oxygen atoms in total. The number of nitrogens with zero attached hydrogens (tertiary/aromatic N) is 3. The topological polar surface area (TPSA) is 37.8 Å². The molecule has 3 fully saturated rings. The first-order valence-electron chi connectivity index (χ1n) is 10.5. The molecule has 1 aromatic carbocycles. The fourth-order valence-corrected chi connectivity index (χ4v) is 4.60. The number of hydrogen-bond acceptors (Lipinski definition) is 5. The second kappa shape index (κ2) is 8.19. The van der Waals surface area contributed by atoms with Crippen LogP contribution in [0, 0.1) is 5.92 Å². The summed E-state index contributed by atoms with van der Waals surface area (Å²) in [5.74, 6) is 1.80. The molecule has 0 bridgehead atoms. The van der Waals surface area contributed by atoms with Gasteiger partial charge in [-0.1, -0.05) is 18.2 Å². The Morgan fingerprint density at radius 1 is 1.07 bits per heavy atom. The molecular formula is C23H29N3O2. The van der Waals surface area contributed by atoms with Gasteiger partial charge < -0.3 is 9.47 Å². The van der Waals surface area contributed by atoms with E-state index in [4.69, 9.17) is 9.47 Å². The molecule has 1 saturated carbocycles. The monoisotopic (exact) mass is 379 g/mol. The Bertz CT molecular complexity index is 780. The number of rotatable bonds is 6. The van der Waals surface area contributed by atoms with E-state index in [2.05, 4.69) is 33.0 Å². The van der Waals surface area contributed by atoms with Gasteiger partial charge in [0.1, 0.15) is 12.4 Å². The summed E-state index contributed by atoms with van der Waals surface area (Å²) in [6.07, 6.45) is 4.59. The first kappa shape index (κ1) is 18.1. The Morgan fingerprint density at radius 2 is 2.04 bits per heavy atom. The molecule has 0 unspecified atom stereocenters. The lowest BCUT2D eigenvalue weighted by Gasteiger charge is -2.48. The fraction of sp³-hybridized carbons (Fsp3) is 0.522. The second-order valence-electron chi connectivity index (χ2n) is 8.33. The van der Waals surface area contributed by atoms with Gasteiger partial charge in [-0.25, -0.2) is 0 Å². The lowest BCUT2D eigenvalue weighted by molar-refractivity contribution is -0.0880. The predicted octanol–water partition coefficient (Wildman–Crippen LogP) is 2.96. The lowest BCUT2D eigenvalue weighted by Crippen LogP contribution is -2.62. The number of ether oxygens (including phenoxy) is 2. The van der Waals surface area contributed by atoms with Crippen LogP contribution < -0.4 is 4.74 Å². The Balaban J connectivity index is 1.17. The number of aromatic nitrogens is 1. The largest absolute Gasteiger partial charge is 0.487 e. The normalized spacial score (nSPS) is 26.0. The summed E-state index contributed by atoms with van der Waals surface area (Å²) in [6.45, 7) is 6.71. The number of morpholine rings is 1. The highest BCUT2D eigenvalue weighted by molar-refractivity contribution is 5.28. The third kappa shape index (κ3) is 4.22. The smallest absolute Gasteiger partial charge is 0.130 e. The van der Waals surface area contributed by atoms with Gasteiger partial charge in [-0.15, -0.1) is 0 Å². The van der Waals surface area contributed by atoms with Crippen molar-refractivity contribution in [2.45, 2.75) is 38.1 Å². The Labute approximate surface area is 167 Å². The van der Waals surface area contributed by atoms with E-state index in [0.717, 1.165) is 50.2 Å². The van der Waals surface area contributed by atoms with Crippen molar-refractivity contribution < 1.29 is 9.47 Å². The third-order valence-corrected chi connectivity index (χ3v) is 6.22. The molecule has 0 N–H and O–H groups in total. The van der Waals surface area contributed by atoms with E-state index in [0.29, 0.717) is 18.7 Å². The summed E-state index contributed by atoms with van der Waals surface area (Å²) in [7, 11) is 0. The van der Waals surface area contributed by atoms with Crippen LogP contribution in [0.25, 0.3) is 0 Å². The minimum absolute atomic E-state index is 0.505. The van der Waals surface area contributed by atoms with E-state index in [9.17, 15) is 0 Å². The molecule has 2 atom stereocenters. The van der Waals surface area contributed by atoms with Gasteiger partial charge in [0.2, 0.25) is 0 Å². The predicted molar refractivity (Wildman–Crippen MR) is 108 cm³/mol. The summed E-state index contributed by atoms with van der Waals surface area (Å²) in [5.41, 5.74) is 2.26. The maximum atomic E-state index is 5.95. The minimum atomic E-state index is 0.505. The summed E-state index contributed by atoms with van der Waals surface area (Å²) >= 11 is 0. The molecule has 2 saturated heterocycles. The van der Waals surface area contributed by atoms with Crippen molar-refractivity contribution in [3.63, 3.8) is 0 Å². The van der Waals surface area contributed by atoms with Gasteiger partial charge in [-0.2, -0.15) is 0 Å². The minimum Gasteiger partial charge on any atom is -0.487 e. The molecule has 5 rings (SSSR count). The van der Waals surface area contributed by atoms with Gasteiger partial charge in [0.15, 0.2) is 0 Å². The Kier molecular flexibility index (Phi) is 5.30. The molecule has 1 aromatic heterocycles. The summed E-state index contributed by atoms with van der Waals surface area (Å²) in [5, 5.41) is 0. The Morgan fingerprint density at radius 3 is 2.89 bits per heavy atom. The molecule has 0 amide bonds. The number of pyridine rings is 1. The van der Waals surface area contributed by atoms with Gasteiger partial charge in [0, 0.05) is 44.5 Å². The van der Waals surface area contributed by atoms with Gasteiger partial charge in [-0.3, -0.25) is 14.8 Å². The molecular weight excluding hydrogens is 350 g/mol. The van der Waals surface area contributed by atoms with Crippen molar-refractivity contribution in [2.24, 2.45) is 5.92 Å². The van der Waals surface area contributed by atoms with Crippen LogP contribution in [0.3, 0.4) is 0 Å². The van der Waals surface area contributed by atoms with Gasteiger partial charge in [0.05, 0.1) is 18.9 Å². The average Bonchev–Trinajstić information content (AvgIpc) is 3.58. The van der Waals surface area contributed by atoms with E-state index in [-0.39, 0.29) is 0 Å². The highest BCUT2D eigenvalue weighted by atomic mass is 16.5. The van der Waals surface area contributed by atoms with Crippen molar-refractivity contribution in [3.8, 4) is 5.75 Å². The zero-order valence-electron chi connectivity index (χ0n) is 16.4. The van der Waals surface area contributed by atoms with Crippen LogP contribution >= 0.6 is 0 Å². The van der Waals surface area contributed by atoms with Crippen LogP contribution in [0.4, 0.5) is 0 Å².